The van der Waals surface area contributed by atoms with Crippen LogP contribution in [-0.4, -0.2) is 11.0 Å². The predicted octanol–water partition coefficient (Wildman–Crippen LogP) is 2.89. The van der Waals surface area contributed by atoms with Gasteiger partial charge in [-0.05, 0) is 35.2 Å². The smallest absolute Gasteiger partial charge is 0.248 e. The molecule has 92 valence electrons. The van der Waals surface area contributed by atoms with Crippen LogP contribution in [0.1, 0.15) is 10.4 Å². The molecule has 1 amide bonds. The van der Waals surface area contributed by atoms with Crippen LogP contribution in [0.5, 0.6) is 0 Å². The molecule has 0 atom stereocenters. The number of rotatable bonds is 4. The number of amides is 1. The first-order valence-corrected chi connectivity index (χ1v) is 6.38. The van der Waals surface area contributed by atoms with Gasteiger partial charge in [0.2, 0.25) is 5.91 Å². The third-order valence-electron chi connectivity index (χ3n) is 2.32. The largest absolute Gasteiger partial charge is 0.392 e. The van der Waals surface area contributed by atoms with Gasteiger partial charge >= 0.3 is 0 Å². The summed E-state index contributed by atoms with van der Waals surface area (Å²) in [5.74, 6) is -0.182. The zero-order valence-electron chi connectivity index (χ0n) is 9.67. The molecular formula is C14H13NO2S. The van der Waals surface area contributed by atoms with Gasteiger partial charge in [0.1, 0.15) is 0 Å². The molecule has 0 aliphatic heterocycles. The van der Waals surface area contributed by atoms with Crippen LogP contribution in [0.4, 0.5) is 5.69 Å². The van der Waals surface area contributed by atoms with Crippen molar-refractivity contribution in [3.05, 3.63) is 58.3 Å². The summed E-state index contributed by atoms with van der Waals surface area (Å²) < 4.78 is 0. The molecule has 0 spiro atoms. The minimum Gasteiger partial charge on any atom is -0.392 e. The van der Waals surface area contributed by atoms with Gasteiger partial charge in [0.15, 0.2) is 0 Å². The van der Waals surface area contributed by atoms with Gasteiger partial charge in [-0.2, -0.15) is 0 Å². The number of hydrogen-bond acceptors (Lipinski definition) is 3. The van der Waals surface area contributed by atoms with Crippen molar-refractivity contribution in [3.63, 3.8) is 0 Å². The molecule has 1 aromatic carbocycles. The quantitative estimate of drug-likeness (QED) is 0.829. The third kappa shape index (κ3) is 3.55. The van der Waals surface area contributed by atoms with Crippen molar-refractivity contribution in [2.45, 2.75) is 6.61 Å². The number of aliphatic hydroxyl groups is 1. The molecule has 1 aromatic heterocycles. The van der Waals surface area contributed by atoms with E-state index in [1.165, 1.54) is 6.08 Å². The number of carbonyl (C=O) groups excluding carboxylic acids is 1. The summed E-state index contributed by atoms with van der Waals surface area (Å²) in [7, 11) is 0. The Labute approximate surface area is 109 Å². The number of anilines is 1. The Morgan fingerprint density at radius 3 is 2.94 bits per heavy atom. The highest BCUT2D eigenvalue weighted by Crippen LogP contribution is 2.12. The minimum atomic E-state index is -0.182. The Kier molecular flexibility index (Phi) is 4.28. The van der Waals surface area contributed by atoms with Crippen molar-refractivity contribution in [2.75, 3.05) is 5.32 Å². The van der Waals surface area contributed by atoms with E-state index in [0.29, 0.717) is 5.69 Å². The molecule has 2 rings (SSSR count). The van der Waals surface area contributed by atoms with Crippen LogP contribution in [0.3, 0.4) is 0 Å². The highest BCUT2D eigenvalue weighted by Gasteiger charge is 1.99. The van der Waals surface area contributed by atoms with E-state index in [0.717, 1.165) is 10.4 Å². The van der Waals surface area contributed by atoms with Gasteiger partial charge in [0.05, 0.1) is 6.61 Å². The first-order valence-electron chi connectivity index (χ1n) is 5.50. The Bertz CT molecular complexity index is 547. The van der Waals surface area contributed by atoms with Crippen molar-refractivity contribution >= 4 is 29.0 Å². The summed E-state index contributed by atoms with van der Waals surface area (Å²) in [4.78, 5) is 12.7. The van der Waals surface area contributed by atoms with Crippen molar-refractivity contribution in [1.29, 1.82) is 0 Å². The van der Waals surface area contributed by atoms with Gasteiger partial charge in [-0.3, -0.25) is 4.79 Å². The van der Waals surface area contributed by atoms with Crippen LogP contribution in [0.15, 0.2) is 47.9 Å². The van der Waals surface area contributed by atoms with Crippen molar-refractivity contribution in [1.82, 2.24) is 0 Å². The highest BCUT2D eigenvalue weighted by molar-refractivity contribution is 7.10. The minimum absolute atomic E-state index is 0.0330. The van der Waals surface area contributed by atoms with Crippen molar-refractivity contribution < 1.29 is 9.90 Å². The summed E-state index contributed by atoms with van der Waals surface area (Å²) in [6, 6.07) is 11.0. The number of hydrogen-bond donors (Lipinski definition) is 2. The van der Waals surface area contributed by atoms with E-state index in [1.54, 1.807) is 41.7 Å². The second kappa shape index (κ2) is 6.14. The van der Waals surface area contributed by atoms with E-state index >= 15 is 0 Å². The molecule has 4 heteroatoms. The van der Waals surface area contributed by atoms with Gasteiger partial charge in [-0.1, -0.05) is 18.2 Å². The fourth-order valence-corrected chi connectivity index (χ4v) is 2.09. The van der Waals surface area contributed by atoms with Crippen LogP contribution in [0.2, 0.25) is 0 Å². The lowest BCUT2D eigenvalue weighted by atomic mass is 10.2. The van der Waals surface area contributed by atoms with Crippen LogP contribution in [0, 0.1) is 0 Å². The predicted molar refractivity (Wildman–Crippen MR) is 74.3 cm³/mol. The maximum Gasteiger partial charge on any atom is 0.248 e. The zero-order chi connectivity index (χ0) is 12.8. The average molecular weight is 259 g/mol. The molecule has 18 heavy (non-hydrogen) atoms. The molecule has 0 aliphatic carbocycles. The maximum absolute atomic E-state index is 11.7. The number of nitrogens with one attached hydrogen (secondary N) is 1. The molecule has 0 fully saturated rings. The lowest BCUT2D eigenvalue weighted by Crippen LogP contribution is -2.07. The molecular weight excluding hydrogens is 246 g/mol. The van der Waals surface area contributed by atoms with E-state index in [9.17, 15) is 4.79 Å². The van der Waals surface area contributed by atoms with E-state index in [-0.39, 0.29) is 12.5 Å². The monoisotopic (exact) mass is 259 g/mol. The Balaban J connectivity index is 1.98. The first kappa shape index (κ1) is 12.5. The highest BCUT2D eigenvalue weighted by atomic mass is 32.1. The molecule has 0 bridgehead atoms. The van der Waals surface area contributed by atoms with Gasteiger partial charge in [0.25, 0.3) is 0 Å². The van der Waals surface area contributed by atoms with E-state index in [1.807, 2.05) is 17.5 Å². The Hall–Kier alpha value is -1.91. The summed E-state index contributed by atoms with van der Waals surface area (Å²) in [6.45, 7) is -0.0330. The van der Waals surface area contributed by atoms with Gasteiger partial charge in [0, 0.05) is 16.6 Å². The fraction of sp³-hybridized carbons (Fsp3) is 0.0714. The molecule has 3 nitrogen and oxygen atoms in total. The molecule has 2 N–H and O–H groups in total. The zero-order valence-corrected chi connectivity index (χ0v) is 10.5. The van der Waals surface area contributed by atoms with Crippen LogP contribution in [-0.2, 0) is 11.4 Å². The van der Waals surface area contributed by atoms with Crippen molar-refractivity contribution in [2.24, 2.45) is 0 Å². The fourth-order valence-electron chi connectivity index (χ4n) is 1.48. The normalized spacial score (nSPS) is 10.7. The molecule has 0 saturated heterocycles. The topological polar surface area (TPSA) is 49.3 Å². The molecule has 0 saturated carbocycles. The molecule has 0 unspecified atom stereocenters. The summed E-state index contributed by atoms with van der Waals surface area (Å²) >= 11 is 1.58. The number of aliphatic hydroxyl groups excluding tert-OH is 1. The van der Waals surface area contributed by atoms with E-state index in [2.05, 4.69) is 5.32 Å². The Morgan fingerprint density at radius 2 is 2.22 bits per heavy atom. The Morgan fingerprint density at radius 1 is 1.33 bits per heavy atom. The van der Waals surface area contributed by atoms with Crippen LogP contribution < -0.4 is 5.32 Å². The van der Waals surface area contributed by atoms with Gasteiger partial charge in [-0.15, -0.1) is 11.3 Å². The summed E-state index contributed by atoms with van der Waals surface area (Å²) in [5, 5.41) is 13.7. The molecule has 1 heterocycles. The molecule has 2 aromatic rings. The first-order chi connectivity index (χ1) is 8.78. The SMILES string of the molecule is O=C(/C=C/c1cccs1)Nc1cccc(CO)c1. The summed E-state index contributed by atoms with van der Waals surface area (Å²) in [5.41, 5.74) is 1.46. The van der Waals surface area contributed by atoms with Gasteiger partial charge < -0.3 is 10.4 Å². The third-order valence-corrected chi connectivity index (χ3v) is 3.16. The van der Waals surface area contributed by atoms with E-state index < -0.39 is 0 Å². The number of thiophene rings is 1. The second-order valence-corrected chi connectivity index (χ2v) is 4.68. The van der Waals surface area contributed by atoms with Crippen molar-refractivity contribution in [3.8, 4) is 0 Å². The maximum atomic E-state index is 11.7. The van der Waals surface area contributed by atoms with Crippen LogP contribution in [0.25, 0.3) is 6.08 Å². The van der Waals surface area contributed by atoms with E-state index in [4.69, 9.17) is 5.11 Å². The molecule has 0 aliphatic rings. The number of benzene rings is 1. The van der Waals surface area contributed by atoms with Gasteiger partial charge in [-0.25, -0.2) is 0 Å². The second-order valence-electron chi connectivity index (χ2n) is 3.70. The number of carbonyl (C=O) groups is 1. The lowest BCUT2D eigenvalue weighted by Gasteiger charge is -2.03. The van der Waals surface area contributed by atoms with Crippen LogP contribution >= 0.6 is 11.3 Å². The molecule has 0 radical (unpaired) electrons. The average Bonchev–Trinajstić information content (AvgIpc) is 2.90. The standard InChI is InChI=1S/C14H13NO2S/c16-10-11-3-1-4-12(9-11)15-14(17)7-6-13-5-2-8-18-13/h1-9,16H,10H2,(H,15,17)/b7-6+. The lowest BCUT2D eigenvalue weighted by molar-refractivity contribution is -0.111. The summed E-state index contributed by atoms with van der Waals surface area (Å²) in [6.07, 6.45) is 3.27.